The van der Waals surface area contributed by atoms with Crippen molar-refractivity contribution in [2.75, 3.05) is 27.2 Å². The second kappa shape index (κ2) is 6.57. The number of amides is 2. The van der Waals surface area contributed by atoms with Gasteiger partial charge in [-0.2, -0.15) is 5.10 Å². The summed E-state index contributed by atoms with van der Waals surface area (Å²) in [6.45, 7) is 2.50. The molecule has 1 aromatic heterocycles. The molecule has 8 heteroatoms. The zero-order valence-corrected chi connectivity index (χ0v) is 12.4. The Hall–Kier alpha value is -2.09. The van der Waals surface area contributed by atoms with Crippen molar-refractivity contribution in [3.8, 4) is 0 Å². The Bertz CT molecular complexity index is 526. The first-order valence-corrected chi connectivity index (χ1v) is 6.90. The molecule has 0 atom stereocenters. The van der Waals surface area contributed by atoms with Gasteiger partial charge in [0.05, 0.1) is 24.5 Å². The van der Waals surface area contributed by atoms with E-state index in [4.69, 9.17) is 5.11 Å². The lowest BCUT2D eigenvalue weighted by atomic mass is 10.3. The van der Waals surface area contributed by atoms with Crippen molar-refractivity contribution in [1.82, 2.24) is 24.9 Å². The average molecular weight is 295 g/mol. The van der Waals surface area contributed by atoms with Gasteiger partial charge in [-0.3, -0.25) is 14.4 Å². The molecule has 0 unspecified atom stereocenters. The SMILES string of the molecule is CN(C)C(=O)NCc1cc2n(n1)CCCN(CC(=O)O)C2. The summed E-state index contributed by atoms with van der Waals surface area (Å²) in [4.78, 5) is 25.7. The van der Waals surface area contributed by atoms with E-state index in [9.17, 15) is 9.59 Å². The Balaban J connectivity index is 2.00. The first-order chi connectivity index (χ1) is 9.95. The largest absolute Gasteiger partial charge is 0.480 e. The summed E-state index contributed by atoms with van der Waals surface area (Å²) in [6.07, 6.45) is 0.867. The Morgan fingerprint density at radius 1 is 1.43 bits per heavy atom. The first-order valence-electron chi connectivity index (χ1n) is 6.90. The molecule has 21 heavy (non-hydrogen) atoms. The van der Waals surface area contributed by atoms with E-state index in [1.807, 2.05) is 15.6 Å². The topological polar surface area (TPSA) is 90.7 Å². The lowest BCUT2D eigenvalue weighted by Crippen LogP contribution is -2.34. The Morgan fingerprint density at radius 3 is 2.86 bits per heavy atom. The number of carboxylic acids is 1. The lowest BCUT2D eigenvalue weighted by molar-refractivity contribution is -0.138. The normalized spacial score (nSPS) is 15.1. The summed E-state index contributed by atoms with van der Waals surface area (Å²) in [7, 11) is 3.36. The van der Waals surface area contributed by atoms with Crippen LogP contribution < -0.4 is 5.32 Å². The third-order valence-electron chi connectivity index (χ3n) is 3.33. The molecule has 2 N–H and O–H groups in total. The standard InChI is InChI=1S/C13H21N5O3/c1-16(2)13(21)14-7-10-6-11-8-17(9-12(19)20)4-3-5-18(11)15-10/h6H,3-5,7-9H2,1-2H3,(H,14,21)(H,19,20). The number of hydrogen-bond donors (Lipinski definition) is 2. The summed E-state index contributed by atoms with van der Waals surface area (Å²) in [5.41, 5.74) is 1.78. The van der Waals surface area contributed by atoms with Crippen LogP contribution in [0.25, 0.3) is 0 Å². The minimum Gasteiger partial charge on any atom is -0.480 e. The van der Waals surface area contributed by atoms with Crippen molar-refractivity contribution in [3.05, 3.63) is 17.5 Å². The number of hydrogen-bond acceptors (Lipinski definition) is 4. The van der Waals surface area contributed by atoms with Crippen LogP contribution in [0, 0.1) is 0 Å². The molecule has 2 amide bonds. The summed E-state index contributed by atoms with van der Waals surface area (Å²) in [6, 6.07) is 1.77. The van der Waals surface area contributed by atoms with E-state index in [1.165, 1.54) is 4.90 Å². The number of aryl methyl sites for hydroxylation is 1. The van der Waals surface area contributed by atoms with E-state index in [-0.39, 0.29) is 12.6 Å². The molecule has 0 aliphatic carbocycles. The summed E-state index contributed by atoms with van der Waals surface area (Å²) in [5.74, 6) is -0.818. The number of aliphatic carboxylic acids is 1. The highest BCUT2D eigenvalue weighted by Gasteiger charge is 2.18. The number of nitrogens with one attached hydrogen (secondary N) is 1. The molecule has 0 spiro atoms. The van der Waals surface area contributed by atoms with Gasteiger partial charge in [0.25, 0.3) is 0 Å². The first kappa shape index (κ1) is 15.3. The van der Waals surface area contributed by atoms with Gasteiger partial charge >= 0.3 is 12.0 Å². The van der Waals surface area contributed by atoms with Crippen LogP contribution in [0.15, 0.2) is 6.07 Å². The van der Waals surface area contributed by atoms with Gasteiger partial charge in [0, 0.05) is 33.7 Å². The zero-order chi connectivity index (χ0) is 15.4. The smallest absolute Gasteiger partial charge is 0.317 e. The van der Waals surface area contributed by atoms with Gasteiger partial charge in [-0.15, -0.1) is 0 Å². The molecule has 0 saturated carbocycles. The van der Waals surface area contributed by atoms with E-state index < -0.39 is 5.97 Å². The van der Waals surface area contributed by atoms with E-state index in [0.29, 0.717) is 13.1 Å². The Morgan fingerprint density at radius 2 is 2.19 bits per heavy atom. The number of urea groups is 1. The van der Waals surface area contributed by atoms with E-state index in [1.54, 1.807) is 14.1 Å². The molecule has 1 aliphatic rings. The van der Waals surface area contributed by atoms with Crippen LogP contribution in [-0.2, 0) is 24.4 Å². The zero-order valence-electron chi connectivity index (χ0n) is 12.4. The highest BCUT2D eigenvalue weighted by molar-refractivity contribution is 5.73. The van der Waals surface area contributed by atoms with Gasteiger partial charge in [-0.25, -0.2) is 4.79 Å². The van der Waals surface area contributed by atoms with Gasteiger partial charge < -0.3 is 15.3 Å². The number of fused-ring (bicyclic) bond motifs is 1. The molecule has 8 nitrogen and oxygen atoms in total. The van der Waals surface area contributed by atoms with Crippen LogP contribution in [0.1, 0.15) is 17.8 Å². The molecule has 2 rings (SSSR count). The Labute approximate surface area is 123 Å². The minimum atomic E-state index is -0.818. The number of rotatable bonds is 4. The van der Waals surface area contributed by atoms with E-state index in [0.717, 1.165) is 30.9 Å². The number of carbonyl (C=O) groups is 2. The van der Waals surface area contributed by atoms with Crippen molar-refractivity contribution >= 4 is 12.0 Å². The quantitative estimate of drug-likeness (QED) is 0.812. The van der Waals surface area contributed by atoms with Crippen molar-refractivity contribution in [2.24, 2.45) is 0 Å². The number of nitrogens with zero attached hydrogens (tertiary/aromatic N) is 4. The minimum absolute atomic E-state index is 0.0396. The molecular formula is C13H21N5O3. The Kier molecular flexibility index (Phi) is 4.79. The van der Waals surface area contributed by atoms with Crippen molar-refractivity contribution < 1.29 is 14.7 Å². The monoisotopic (exact) mass is 295 g/mol. The fourth-order valence-electron chi connectivity index (χ4n) is 2.33. The molecule has 0 aromatic carbocycles. The predicted molar refractivity (Wildman–Crippen MR) is 75.7 cm³/mol. The van der Waals surface area contributed by atoms with Gasteiger partial charge in [0.2, 0.25) is 0 Å². The van der Waals surface area contributed by atoms with Gasteiger partial charge in [-0.1, -0.05) is 0 Å². The van der Waals surface area contributed by atoms with Gasteiger partial charge in [0.1, 0.15) is 0 Å². The lowest BCUT2D eigenvalue weighted by Gasteiger charge is -2.16. The van der Waals surface area contributed by atoms with Gasteiger partial charge in [-0.05, 0) is 12.5 Å². The van der Waals surface area contributed by atoms with E-state index in [2.05, 4.69) is 10.4 Å². The third kappa shape index (κ3) is 4.19. The molecule has 0 bridgehead atoms. The van der Waals surface area contributed by atoms with Crippen LogP contribution in [0.4, 0.5) is 4.79 Å². The number of aromatic nitrogens is 2. The van der Waals surface area contributed by atoms with E-state index >= 15 is 0 Å². The van der Waals surface area contributed by atoms with Crippen LogP contribution >= 0.6 is 0 Å². The second-order valence-electron chi connectivity index (χ2n) is 5.36. The summed E-state index contributed by atoms with van der Waals surface area (Å²) in [5, 5.41) is 16.1. The third-order valence-corrected chi connectivity index (χ3v) is 3.33. The molecule has 0 fully saturated rings. The van der Waals surface area contributed by atoms with Crippen molar-refractivity contribution in [1.29, 1.82) is 0 Å². The maximum atomic E-state index is 11.5. The van der Waals surface area contributed by atoms with Crippen molar-refractivity contribution in [3.63, 3.8) is 0 Å². The maximum absolute atomic E-state index is 11.5. The number of carboxylic acid groups (broad SMARTS) is 1. The van der Waals surface area contributed by atoms with Crippen LogP contribution in [0.5, 0.6) is 0 Å². The number of carbonyl (C=O) groups excluding carboxylic acids is 1. The molecular weight excluding hydrogens is 274 g/mol. The molecule has 1 aliphatic heterocycles. The predicted octanol–water partition coefficient (Wildman–Crippen LogP) is -0.0554. The molecule has 0 saturated heterocycles. The van der Waals surface area contributed by atoms with Gasteiger partial charge in [0.15, 0.2) is 0 Å². The van der Waals surface area contributed by atoms with Crippen LogP contribution in [0.3, 0.4) is 0 Å². The maximum Gasteiger partial charge on any atom is 0.317 e. The molecule has 1 aromatic rings. The van der Waals surface area contributed by atoms with Crippen molar-refractivity contribution in [2.45, 2.75) is 26.1 Å². The molecule has 2 heterocycles. The molecule has 116 valence electrons. The fourth-order valence-corrected chi connectivity index (χ4v) is 2.33. The fraction of sp³-hybridized carbons (Fsp3) is 0.615. The van der Waals surface area contributed by atoms with Crippen LogP contribution in [-0.4, -0.2) is 63.9 Å². The summed E-state index contributed by atoms with van der Waals surface area (Å²) >= 11 is 0. The summed E-state index contributed by atoms with van der Waals surface area (Å²) < 4.78 is 1.90. The second-order valence-corrected chi connectivity index (χ2v) is 5.36. The molecule has 0 radical (unpaired) electrons. The highest BCUT2D eigenvalue weighted by Crippen LogP contribution is 2.13. The van der Waals surface area contributed by atoms with Crippen LogP contribution in [0.2, 0.25) is 0 Å². The highest BCUT2D eigenvalue weighted by atomic mass is 16.4. The average Bonchev–Trinajstić information content (AvgIpc) is 2.68.